The summed E-state index contributed by atoms with van der Waals surface area (Å²) in [5.41, 5.74) is 1.58. The first-order valence-corrected chi connectivity index (χ1v) is 8.16. The van der Waals surface area contributed by atoms with Crippen molar-refractivity contribution >= 4 is 11.6 Å². The van der Waals surface area contributed by atoms with Crippen molar-refractivity contribution in [2.45, 2.75) is 31.3 Å². The molecular weight excluding hydrogens is 306 g/mol. The van der Waals surface area contributed by atoms with Gasteiger partial charge in [-0.25, -0.2) is 4.98 Å². The van der Waals surface area contributed by atoms with Crippen LogP contribution in [0, 0.1) is 0 Å². The Morgan fingerprint density at radius 3 is 2.95 bits per heavy atom. The number of hydrogen-bond acceptors (Lipinski definition) is 5. The minimum atomic E-state index is -0.438. The van der Waals surface area contributed by atoms with E-state index in [-0.39, 0.29) is 0 Å². The zero-order valence-electron chi connectivity index (χ0n) is 12.9. The SMILES string of the molecule is COCCCCOc1cc(Cl)nc2c1CCOC21CCOC1. The highest BCUT2D eigenvalue weighted by molar-refractivity contribution is 6.29. The smallest absolute Gasteiger partial charge is 0.136 e. The molecule has 0 aromatic carbocycles. The fourth-order valence-corrected chi connectivity index (χ4v) is 3.24. The predicted molar refractivity (Wildman–Crippen MR) is 82.6 cm³/mol. The minimum Gasteiger partial charge on any atom is -0.493 e. The van der Waals surface area contributed by atoms with Gasteiger partial charge in [-0.3, -0.25) is 0 Å². The zero-order valence-corrected chi connectivity index (χ0v) is 13.7. The van der Waals surface area contributed by atoms with E-state index in [1.165, 1.54) is 0 Å². The molecule has 1 atom stereocenters. The highest BCUT2D eigenvalue weighted by Gasteiger charge is 2.44. The molecule has 5 nitrogen and oxygen atoms in total. The molecule has 3 heterocycles. The Morgan fingerprint density at radius 2 is 2.18 bits per heavy atom. The third-order valence-electron chi connectivity index (χ3n) is 4.20. The summed E-state index contributed by atoms with van der Waals surface area (Å²) in [4.78, 5) is 4.53. The highest BCUT2D eigenvalue weighted by Crippen LogP contribution is 2.42. The number of halogens is 1. The van der Waals surface area contributed by atoms with Gasteiger partial charge in [0.1, 0.15) is 16.5 Å². The number of aromatic nitrogens is 1. The van der Waals surface area contributed by atoms with Crippen molar-refractivity contribution < 1.29 is 18.9 Å². The Balaban J connectivity index is 1.78. The molecule has 0 N–H and O–H groups in total. The van der Waals surface area contributed by atoms with Gasteiger partial charge in [-0.1, -0.05) is 11.6 Å². The molecule has 2 aliphatic rings. The average molecular weight is 328 g/mol. The van der Waals surface area contributed by atoms with E-state index in [0.29, 0.717) is 31.6 Å². The van der Waals surface area contributed by atoms with Crippen LogP contribution in [0.15, 0.2) is 6.07 Å². The number of pyridine rings is 1. The van der Waals surface area contributed by atoms with Crippen LogP contribution in [0.4, 0.5) is 0 Å². The molecule has 0 radical (unpaired) electrons. The molecular formula is C16H22ClNO4. The van der Waals surface area contributed by atoms with E-state index in [1.807, 2.05) is 6.07 Å². The van der Waals surface area contributed by atoms with Crippen LogP contribution in [0.25, 0.3) is 0 Å². The summed E-state index contributed by atoms with van der Waals surface area (Å²) < 4.78 is 22.5. The number of fused-ring (bicyclic) bond motifs is 2. The molecule has 1 fully saturated rings. The lowest BCUT2D eigenvalue weighted by Crippen LogP contribution is -2.37. The standard InChI is InChI=1S/C16H22ClNO4/c1-19-6-2-3-7-21-13-10-14(17)18-15-12(13)4-8-22-16(15)5-9-20-11-16/h10H,2-9,11H2,1H3. The topological polar surface area (TPSA) is 49.8 Å². The van der Waals surface area contributed by atoms with Gasteiger partial charge in [0.2, 0.25) is 0 Å². The molecule has 0 saturated carbocycles. The second-order valence-electron chi connectivity index (χ2n) is 5.71. The van der Waals surface area contributed by atoms with E-state index >= 15 is 0 Å². The van der Waals surface area contributed by atoms with Gasteiger partial charge in [-0.15, -0.1) is 0 Å². The van der Waals surface area contributed by atoms with Gasteiger partial charge in [0.15, 0.2) is 0 Å². The first-order valence-electron chi connectivity index (χ1n) is 7.78. The Kier molecular flexibility index (Phi) is 5.18. The molecule has 0 bridgehead atoms. The molecule has 22 heavy (non-hydrogen) atoms. The maximum Gasteiger partial charge on any atom is 0.136 e. The molecule has 2 aliphatic heterocycles. The molecule has 1 spiro atoms. The minimum absolute atomic E-state index is 0.438. The van der Waals surface area contributed by atoms with Crippen molar-refractivity contribution in [3.05, 3.63) is 22.5 Å². The summed E-state index contributed by atoms with van der Waals surface area (Å²) in [5, 5.41) is 0.447. The number of unbranched alkanes of at least 4 members (excludes halogenated alkanes) is 1. The van der Waals surface area contributed by atoms with Gasteiger partial charge in [0.05, 0.1) is 25.5 Å². The third kappa shape index (κ3) is 3.23. The Hall–Kier alpha value is -0.880. The van der Waals surface area contributed by atoms with Crippen LogP contribution in [-0.4, -0.2) is 45.1 Å². The molecule has 3 rings (SSSR count). The molecule has 0 aliphatic carbocycles. The van der Waals surface area contributed by atoms with Crippen LogP contribution in [0.5, 0.6) is 5.75 Å². The fourth-order valence-electron chi connectivity index (χ4n) is 3.06. The molecule has 122 valence electrons. The van der Waals surface area contributed by atoms with Crippen LogP contribution in [0.1, 0.15) is 30.5 Å². The lowest BCUT2D eigenvalue weighted by molar-refractivity contribution is -0.0670. The van der Waals surface area contributed by atoms with Crippen LogP contribution < -0.4 is 4.74 Å². The Morgan fingerprint density at radius 1 is 1.32 bits per heavy atom. The van der Waals surface area contributed by atoms with Crippen LogP contribution in [0.2, 0.25) is 5.15 Å². The van der Waals surface area contributed by atoms with Crippen molar-refractivity contribution in [3.63, 3.8) is 0 Å². The largest absolute Gasteiger partial charge is 0.493 e. The summed E-state index contributed by atoms with van der Waals surface area (Å²) in [5.74, 6) is 0.835. The number of methoxy groups -OCH3 is 1. The number of ether oxygens (including phenoxy) is 4. The van der Waals surface area contributed by atoms with E-state index in [4.69, 9.17) is 30.5 Å². The van der Waals surface area contributed by atoms with Crippen molar-refractivity contribution in [1.82, 2.24) is 4.98 Å². The van der Waals surface area contributed by atoms with Gasteiger partial charge in [-0.05, 0) is 12.8 Å². The quantitative estimate of drug-likeness (QED) is 0.594. The normalized spacial score (nSPS) is 23.7. The third-order valence-corrected chi connectivity index (χ3v) is 4.39. The van der Waals surface area contributed by atoms with E-state index in [2.05, 4.69) is 4.98 Å². The van der Waals surface area contributed by atoms with Gasteiger partial charge >= 0.3 is 0 Å². The van der Waals surface area contributed by atoms with Gasteiger partial charge in [0.25, 0.3) is 0 Å². The summed E-state index contributed by atoms with van der Waals surface area (Å²) in [7, 11) is 1.71. The molecule has 1 aromatic heterocycles. The van der Waals surface area contributed by atoms with Crippen LogP contribution >= 0.6 is 11.6 Å². The van der Waals surface area contributed by atoms with Crippen molar-refractivity contribution in [3.8, 4) is 5.75 Å². The second-order valence-corrected chi connectivity index (χ2v) is 6.10. The van der Waals surface area contributed by atoms with Gasteiger partial charge < -0.3 is 18.9 Å². The summed E-state index contributed by atoms with van der Waals surface area (Å²) in [6, 6.07) is 1.81. The maximum atomic E-state index is 6.20. The lowest BCUT2D eigenvalue weighted by atomic mass is 9.90. The predicted octanol–water partition coefficient (Wildman–Crippen LogP) is 2.73. The fraction of sp³-hybridized carbons (Fsp3) is 0.688. The van der Waals surface area contributed by atoms with Gasteiger partial charge in [-0.2, -0.15) is 0 Å². The first kappa shape index (κ1) is 16.0. The van der Waals surface area contributed by atoms with Crippen molar-refractivity contribution in [1.29, 1.82) is 0 Å². The van der Waals surface area contributed by atoms with Crippen LogP contribution in [0.3, 0.4) is 0 Å². The summed E-state index contributed by atoms with van der Waals surface area (Å²) in [6.07, 6.45) is 3.56. The van der Waals surface area contributed by atoms with Crippen molar-refractivity contribution in [2.75, 3.05) is 40.1 Å². The van der Waals surface area contributed by atoms with E-state index in [0.717, 1.165) is 49.3 Å². The monoisotopic (exact) mass is 327 g/mol. The van der Waals surface area contributed by atoms with Gasteiger partial charge in [0, 0.05) is 44.8 Å². The van der Waals surface area contributed by atoms with E-state index < -0.39 is 5.60 Å². The molecule has 6 heteroatoms. The highest BCUT2D eigenvalue weighted by atomic mass is 35.5. The number of nitrogens with zero attached hydrogens (tertiary/aromatic N) is 1. The molecule has 1 aromatic rings. The first-order chi connectivity index (χ1) is 10.7. The molecule has 1 unspecified atom stereocenters. The number of rotatable bonds is 6. The Bertz CT molecular complexity index is 517. The summed E-state index contributed by atoms with van der Waals surface area (Å²) >= 11 is 6.20. The van der Waals surface area contributed by atoms with E-state index in [1.54, 1.807) is 7.11 Å². The van der Waals surface area contributed by atoms with Crippen molar-refractivity contribution in [2.24, 2.45) is 0 Å². The maximum absolute atomic E-state index is 6.20. The zero-order chi connectivity index (χ0) is 15.4. The molecule has 0 amide bonds. The lowest BCUT2D eigenvalue weighted by Gasteiger charge is -2.34. The van der Waals surface area contributed by atoms with Crippen LogP contribution in [-0.2, 0) is 26.2 Å². The Labute approximate surface area is 135 Å². The number of hydrogen-bond donors (Lipinski definition) is 0. The second kappa shape index (κ2) is 7.13. The summed E-state index contributed by atoms with van der Waals surface area (Å²) in [6.45, 7) is 3.31. The average Bonchev–Trinajstić information content (AvgIpc) is 2.97. The van der Waals surface area contributed by atoms with E-state index in [9.17, 15) is 0 Å². The molecule has 1 saturated heterocycles.